The van der Waals surface area contributed by atoms with Gasteiger partial charge in [0.05, 0.1) is 13.2 Å². The first-order chi connectivity index (χ1) is 9.28. The molecule has 98 valence electrons. The fraction of sp³-hybridized carbons (Fsp3) is 0.267. The molecule has 0 spiro atoms. The third-order valence-electron chi connectivity index (χ3n) is 3.52. The Morgan fingerprint density at radius 1 is 1.37 bits per heavy atom. The molecule has 0 amide bonds. The molecule has 1 unspecified atom stereocenters. The van der Waals surface area contributed by atoms with Gasteiger partial charge >= 0.3 is 0 Å². The van der Waals surface area contributed by atoms with Crippen molar-refractivity contribution in [1.29, 1.82) is 0 Å². The van der Waals surface area contributed by atoms with E-state index in [0.29, 0.717) is 11.2 Å². The number of halogens is 1. The molecule has 1 aliphatic carbocycles. The van der Waals surface area contributed by atoms with Gasteiger partial charge in [-0.1, -0.05) is 23.7 Å². The summed E-state index contributed by atoms with van der Waals surface area (Å²) in [4.78, 5) is 3.99. The summed E-state index contributed by atoms with van der Waals surface area (Å²) in [5.74, 6) is 0.981. The Balaban J connectivity index is 1.87. The van der Waals surface area contributed by atoms with Crippen molar-refractivity contribution >= 4 is 17.3 Å². The first-order valence-corrected chi connectivity index (χ1v) is 6.69. The van der Waals surface area contributed by atoms with Gasteiger partial charge in [0.25, 0.3) is 0 Å². The lowest BCUT2D eigenvalue weighted by Crippen LogP contribution is -2.07. The monoisotopic (exact) mass is 274 g/mol. The number of ether oxygens (including phenoxy) is 1. The number of hydrogen-bond donors (Lipinski definition) is 1. The van der Waals surface area contributed by atoms with Crippen molar-refractivity contribution in [3.63, 3.8) is 0 Å². The van der Waals surface area contributed by atoms with Crippen molar-refractivity contribution in [3.8, 4) is 5.75 Å². The molecule has 0 fully saturated rings. The number of nitrogens with one attached hydrogen (secondary N) is 1. The summed E-state index contributed by atoms with van der Waals surface area (Å²) in [6.07, 6.45) is 3.82. The molecule has 1 aromatic carbocycles. The number of rotatable bonds is 3. The molecule has 1 aliphatic rings. The van der Waals surface area contributed by atoms with Crippen LogP contribution in [0.3, 0.4) is 0 Å². The number of methoxy groups -OCH3 is 1. The molecule has 1 aromatic heterocycles. The highest BCUT2D eigenvalue weighted by molar-refractivity contribution is 6.29. The first-order valence-electron chi connectivity index (χ1n) is 6.32. The first kappa shape index (κ1) is 12.3. The maximum atomic E-state index is 5.91. The molecule has 0 saturated carbocycles. The van der Waals surface area contributed by atoms with Crippen LogP contribution in [-0.4, -0.2) is 12.1 Å². The van der Waals surface area contributed by atoms with Crippen LogP contribution in [0.25, 0.3) is 0 Å². The van der Waals surface area contributed by atoms with Gasteiger partial charge < -0.3 is 10.1 Å². The summed E-state index contributed by atoms with van der Waals surface area (Å²) in [6.45, 7) is 0. The van der Waals surface area contributed by atoms with Gasteiger partial charge in [0.1, 0.15) is 10.9 Å². The molecule has 0 aliphatic heterocycles. The Morgan fingerprint density at radius 2 is 2.26 bits per heavy atom. The second-order valence-corrected chi connectivity index (χ2v) is 5.02. The van der Waals surface area contributed by atoms with Crippen molar-refractivity contribution in [2.75, 3.05) is 12.4 Å². The second-order valence-electron chi connectivity index (χ2n) is 4.63. The van der Waals surface area contributed by atoms with E-state index < -0.39 is 0 Å². The van der Waals surface area contributed by atoms with Gasteiger partial charge in [0.15, 0.2) is 0 Å². The van der Waals surface area contributed by atoms with E-state index in [9.17, 15) is 0 Å². The highest BCUT2D eigenvalue weighted by Gasteiger charge is 2.24. The minimum atomic E-state index is 0.309. The summed E-state index contributed by atoms with van der Waals surface area (Å²) in [7, 11) is 1.72. The molecule has 4 heteroatoms. The van der Waals surface area contributed by atoms with Gasteiger partial charge in [0, 0.05) is 11.9 Å². The Labute approximate surface area is 117 Å². The van der Waals surface area contributed by atoms with E-state index in [4.69, 9.17) is 16.3 Å². The van der Waals surface area contributed by atoms with Crippen LogP contribution in [0.4, 0.5) is 5.69 Å². The normalized spacial score (nSPS) is 17.1. The fourth-order valence-electron chi connectivity index (χ4n) is 2.66. The Bertz CT molecular complexity index is 600. The third-order valence-corrected chi connectivity index (χ3v) is 3.72. The Hall–Kier alpha value is -1.74. The third kappa shape index (κ3) is 2.38. The van der Waals surface area contributed by atoms with E-state index >= 15 is 0 Å². The average molecular weight is 275 g/mol. The van der Waals surface area contributed by atoms with Crippen LogP contribution >= 0.6 is 11.6 Å². The lowest BCUT2D eigenvalue weighted by Gasteiger charge is -2.16. The second kappa shape index (κ2) is 5.10. The molecule has 0 bridgehead atoms. The van der Waals surface area contributed by atoms with Crippen LogP contribution in [0.15, 0.2) is 36.5 Å². The fourth-order valence-corrected chi connectivity index (χ4v) is 2.83. The van der Waals surface area contributed by atoms with Crippen molar-refractivity contribution in [2.45, 2.75) is 18.9 Å². The van der Waals surface area contributed by atoms with Gasteiger partial charge in [-0.05, 0) is 42.2 Å². The number of fused-ring (bicyclic) bond motifs is 1. The van der Waals surface area contributed by atoms with Gasteiger partial charge in [-0.3, -0.25) is 0 Å². The van der Waals surface area contributed by atoms with E-state index in [1.807, 2.05) is 24.3 Å². The molecule has 1 heterocycles. The summed E-state index contributed by atoms with van der Waals surface area (Å²) in [6, 6.07) is 10.3. The number of pyridine rings is 1. The molecule has 0 radical (unpaired) electrons. The highest BCUT2D eigenvalue weighted by Crippen LogP contribution is 2.38. The predicted octanol–water partition coefficient (Wildman–Crippen LogP) is 3.84. The molecule has 1 N–H and O–H groups in total. The largest absolute Gasteiger partial charge is 0.496 e. The summed E-state index contributed by atoms with van der Waals surface area (Å²) in [5, 5.41) is 4.02. The number of benzene rings is 1. The standard InChI is InChI=1S/C15H15ClN2O/c1-19-14-4-2-3-11-12(14)5-6-13(11)18-10-7-8-17-15(16)9-10/h2-4,7-9,13H,5-6H2,1H3,(H,17,18). The van der Waals surface area contributed by atoms with Gasteiger partial charge in [-0.2, -0.15) is 0 Å². The highest BCUT2D eigenvalue weighted by atomic mass is 35.5. The molecular formula is C15H15ClN2O. The van der Waals surface area contributed by atoms with Crippen LogP contribution in [0.2, 0.25) is 5.15 Å². The quantitative estimate of drug-likeness (QED) is 0.864. The zero-order valence-corrected chi connectivity index (χ0v) is 11.4. The molecule has 0 saturated heterocycles. The lowest BCUT2D eigenvalue weighted by molar-refractivity contribution is 0.410. The van der Waals surface area contributed by atoms with E-state index in [-0.39, 0.29) is 0 Å². The predicted molar refractivity (Wildman–Crippen MR) is 76.9 cm³/mol. The number of hydrogen-bond acceptors (Lipinski definition) is 3. The SMILES string of the molecule is COc1cccc2c1CCC2Nc1ccnc(Cl)c1. The summed E-state index contributed by atoms with van der Waals surface area (Å²) < 4.78 is 5.42. The maximum absolute atomic E-state index is 5.91. The molecule has 19 heavy (non-hydrogen) atoms. The average Bonchev–Trinajstić information content (AvgIpc) is 2.82. The van der Waals surface area contributed by atoms with Gasteiger partial charge in [-0.15, -0.1) is 0 Å². The van der Waals surface area contributed by atoms with E-state index in [1.54, 1.807) is 13.3 Å². The minimum absolute atomic E-state index is 0.309. The van der Waals surface area contributed by atoms with E-state index in [0.717, 1.165) is 24.3 Å². The Kier molecular flexibility index (Phi) is 3.30. The molecule has 3 nitrogen and oxygen atoms in total. The zero-order valence-electron chi connectivity index (χ0n) is 10.7. The maximum Gasteiger partial charge on any atom is 0.131 e. The number of anilines is 1. The van der Waals surface area contributed by atoms with E-state index in [2.05, 4.69) is 16.4 Å². The zero-order chi connectivity index (χ0) is 13.2. The van der Waals surface area contributed by atoms with Crippen molar-refractivity contribution < 1.29 is 4.74 Å². The van der Waals surface area contributed by atoms with Crippen molar-refractivity contribution in [1.82, 2.24) is 4.98 Å². The van der Waals surface area contributed by atoms with Gasteiger partial charge in [-0.25, -0.2) is 4.98 Å². The molecule has 1 atom stereocenters. The van der Waals surface area contributed by atoms with Crippen LogP contribution < -0.4 is 10.1 Å². The smallest absolute Gasteiger partial charge is 0.131 e. The molecular weight excluding hydrogens is 260 g/mol. The molecule has 2 aromatic rings. The molecule has 3 rings (SSSR count). The summed E-state index contributed by atoms with van der Waals surface area (Å²) >= 11 is 5.91. The minimum Gasteiger partial charge on any atom is -0.496 e. The summed E-state index contributed by atoms with van der Waals surface area (Å²) in [5.41, 5.74) is 3.62. The van der Waals surface area contributed by atoms with Crippen LogP contribution in [-0.2, 0) is 6.42 Å². The number of nitrogens with zero attached hydrogens (tertiary/aromatic N) is 1. The van der Waals surface area contributed by atoms with Crippen LogP contribution in [0.5, 0.6) is 5.75 Å². The van der Waals surface area contributed by atoms with Crippen LogP contribution in [0.1, 0.15) is 23.6 Å². The topological polar surface area (TPSA) is 34.1 Å². The lowest BCUT2D eigenvalue weighted by atomic mass is 10.1. The number of aromatic nitrogens is 1. The van der Waals surface area contributed by atoms with Crippen molar-refractivity contribution in [2.24, 2.45) is 0 Å². The Morgan fingerprint density at radius 3 is 3.05 bits per heavy atom. The van der Waals surface area contributed by atoms with Crippen LogP contribution in [0, 0.1) is 0 Å². The van der Waals surface area contributed by atoms with Crippen molar-refractivity contribution in [3.05, 3.63) is 52.8 Å². The van der Waals surface area contributed by atoms with E-state index in [1.165, 1.54) is 11.1 Å². The van der Waals surface area contributed by atoms with Gasteiger partial charge in [0.2, 0.25) is 0 Å².